The highest BCUT2D eigenvalue weighted by Crippen LogP contribution is 2.33. The summed E-state index contributed by atoms with van der Waals surface area (Å²) in [6.07, 6.45) is 0. The number of hydrogen-bond acceptors (Lipinski definition) is 4. The lowest BCUT2D eigenvalue weighted by molar-refractivity contribution is -0.140. The van der Waals surface area contributed by atoms with E-state index in [9.17, 15) is 14.7 Å². The van der Waals surface area contributed by atoms with Crippen LogP contribution in [-0.4, -0.2) is 20.6 Å². The molecular formula is C20H22N2O3S. The molecular weight excluding hydrogens is 348 g/mol. The smallest absolute Gasteiger partial charge is 0.326 e. The zero-order valence-corrected chi connectivity index (χ0v) is 16.3. The van der Waals surface area contributed by atoms with Gasteiger partial charge in [0.15, 0.2) is 0 Å². The summed E-state index contributed by atoms with van der Waals surface area (Å²) in [5.74, 6) is -0.593. The number of nitrogens with zero attached hydrogens (tertiary/aromatic N) is 2. The number of aliphatic carboxylic acids is 1. The molecule has 0 fully saturated rings. The quantitative estimate of drug-likeness (QED) is 0.733. The molecule has 6 heteroatoms. The minimum Gasteiger partial charge on any atom is -0.480 e. The topological polar surface area (TPSA) is 72.2 Å². The van der Waals surface area contributed by atoms with Crippen LogP contribution in [0.1, 0.15) is 49.7 Å². The van der Waals surface area contributed by atoms with Crippen LogP contribution in [0.25, 0.3) is 21.3 Å². The van der Waals surface area contributed by atoms with Gasteiger partial charge in [-0.25, -0.2) is 9.78 Å². The van der Waals surface area contributed by atoms with Gasteiger partial charge in [0, 0.05) is 16.9 Å². The molecule has 5 nitrogen and oxygen atoms in total. The van der Waals surface area contributed by atoms with Gasteiger partial charge in [0.25, 0.3) is 5.56 Å². The van der Waals surface area contributed by atoms with E-state index in [1.165, 1.54) is 28.4 Å². The Bertz CT molecular complexity index is 1060. The molecule has 0 aliphatic rings. The first-order valence-corrected chi connectivity index (χ1v) is 9.44. The molecule has 2 aromatic heterocycles. The van der Waals surface area contributed by atoms with Crippen LogP contribution in [0.2, 0.25) is 0 Å². The van der Waals surface area contributed by atoms with Crippen molar-refractivity contribution in [3.63, 3.8) is 0 Å². The molecule has 26 heavy (non-hydrogen) atoms. The van der Waals surface area contributed by atoms with Crippen molar-refractivity contribution in [2.45, 2.75) is 46.6 Å². The molecule has 0 aliphatic heterocycles. The summed E-state index contributed by atoms with van der Waals surface area (Å²) >= 11 is 1.42. The highest BCUT2D eigenvalue weighted by molar-refractivity contribution is 7.17. The lowest BCUT2D eigenvalue weighted by Gasteiger charge is -2.18. The first-order chi connectivity index (χ1) is 12.2. The van der Waals surface area contributed by atoms with E-state index in [0.717, 1.165) is 16.7 Å². The lowest BCUT2D eigenvalue weighted by atomic mass is 10.0. The van der Waals surface area contributed by atoms with E-state index >= 15 is 0 Å². The van der Waals surface area contributed by atoms with Crippen molar-refractivity contribution in [3.05, 3.63) is 50.9 Å². The normalized spacial score (nSPS) is 12.7. The number of aromatic nitrogens is 2. The van der Waals surface area contributed by atoms with Crippen molar-refractivity contribution in [2.24, 2.45) is 0 Å². The van der Waals surface area contributed by atoms with Gasteiger partial charge in [0.2, 0.25) is 0 Å². The maximum atomic E-state index is 13.3. The van der Waals surface area contributed by atoms with Gasteiger partial charge in [-0.2, -0.15) is 0 Å². The van der Waals surface area contributed by atoms with Crippen LogP contribution in [0.5, 0.6) is 0 Å². The molecule has 1 aromatic carbocycles. The molecule has 1 N–H and O–H groups in total. The Morgan fingerprint density at radius 3 is 2.46 bits per heavy atom. The highest BCUT2D eigenvalue weighted by Gasteiger charge is 2.24. The van der Waals surface area contributed by atoms with Gasteiger partial charge in [-0.3, -0.25) is 9.36 Å². The minimum absolute atomic E-state index is 0.0546. The van der Waals surface area contributed by atoms with Crippen LogP contribution < -0.4 is 5.56 Å². The molecule has 1 atom stereocenters. The first kappa shape index (κ1) is 18.3. The molecule has 0 saturated heterocycles. The largest absolute Gasteiger partial charge is 0.480 e. The number of carboxylic acid groups (broad SMARTS) is 1. The Kier molecular flexibility index (Phi) is 4.71. The SMILES string of the molecule is Cc1ccc(-c2csc3nc(C(C)C)n(C(C)C(=O)O)c(=O)c23)cc1C. The van der Waals surface area contributed by atoms with Gasteiger partial charge in [-0.1, -0.05) is 32.0 Å². The molecule has 0 amide bonds. The molecule has 0 spiro atoms. The van der Waals surface area contributed by atoms with Gasteiger partial charge < -0.3 is 5.11 Å². The average molecular weight is 370 g/mol. The Labute approximate surface area is 155 Å². The van der Waals surface area contributed by atoms with E-state index in [-0.39, 0.29) is 11.5 Å². The maximum absolute atomic E-state index is 13.3. The van der Waals surface area contributed by atoms with Crippen molar-refractivity contribution >= 4 is 27.5 Å². The third-order valence-electron chi connectivity index (χ3n) is 4.75. The summed E-state index contributed by atoms with van der Waals surface area (Å²) in [6, 6.07) is 5.11. The number of carboxylic acids is 1. The summed E-state index contributed by atoms with van der Waals surface area (Å²) < 4.78 is 1.33. The van der Waals surface area contributed by atoms with E-state index in [1.54, 1.807) is 0 Å². The molecule has 0 saturated carbocycles. The summed E-state index contributed by atoms with van der Waals surface area (Å²) in [5.41, 5.74) is 3.80. The van der Waals surface area contributed by atoms with Gasteiger partial charge in [-0.15, -0.1) is 11.3 Å². The van der Waals surface area contributed by atoms with E-state index in [2.05, 4.69) is 11.1 Å². The van der Waals surface area contributed by atoms with Gasteiger partial charge in [0.1, 0.15) is 16.7 Å². The van der Waals surface area contributed by atoms with Crippen molar-refractivity contribution in [1.82, 2.24) is 9.55 Å². The monoisotopic (exact) mass is 370 g/mol. The molecule has 2 heterocycles. The summed E-state index contributed by atoms with van der Waals surface area (Å²) in [4.78, 5) is 30.1. The third kappa shape index (κ3) is 2.94. The summed E-state index contributed by atoms with van der Waals surface area (Å²) in [7, 11) is 0. The van der Waals surface area contributed by atoms with E-state index < -0.39 is 12.0 Å². The van der Waals surface area contributed by atoms with Crippen molar-refractivity contribution in [2.75, 3.05) is 0 Å². The number of carbonyl (C=O) groups is 1. The van der Waals surface area contributed by atoms with Crippen LogP contribution in [0, 0.1) is 13.8 Å². The molecule has 1 unspecified atom stereocenters. The molecule has 0 radical (unpaired) electrons. The minimum atomic E-state index is -1.04. The van der Waals surface area contributed by atoms with Crippen molar-refractivity contribution in [1.29, 1.82) is 0 Å². The standard InChI is InChI=1S/C20H22N2O3S/c1-10(2)17-21-18-16(19(23)22(17)13(5)20(24)25)15(9-26-18)14-7-6-11(3)12(4)8-14/h6-10,13H,1-5H3,(H,24,25). The summed E-state index contributed by atoms with van der Waals surface area (Å²) in [6.45, 7) is 9.42. The van der Waals surface area contributed by atoms with E-state index in [4.69, 9.17) is 0 Å². The van der Waals surface area contributed by atoms with Crippen LogP contribution in [0.4, 0.5) is 0 Å². The second-order valence-corrected chi connectivity index (χ2v) is 7.80. The Hall–Kier alpha value is -2.47. The number of hydrogen-bond donors (Lipinski definition) is 1. The average Bonchev–Trinajstić information content (AvgIpc) is 3.00. The number of fused-ring (bicyclic) bond motifs is 1. The lowest BCUT2D eigenvalue weighted by Crippen LogP contribution is -2.32. The van der Waals surface area contributed by atoms with Gasteiger partial charge in [0.05, 0.1) is 5.39 Å². The third-order valence-corrected chi connectivity index (χ3v) is 5.62. The maximum Gasteiger partial charge on any atom is 0.326 e. The number of benzene rings is 1. The van der Waals surface area contributed by atoms with Crippen molar-refractivity contribution in [3.8, 4) is 11.1 Å². The molecule has 136 valence electrons. The Morgan fingerprint density at radius 2 is 1.88 bits per heavy atom. The van der Waals surface area contributed by atoms with Crippen LogP contribution >= 0.6 is 11.3 Å². The van der Waals surface area contributed by atoms with Gasteiger partial charge in [-0.05, 0) is 37.5 Å². The number of rotatable bonds is 4. The number of thiophene rings is 1. The first-order valence-electron chi connectivity index (χ1n) is 8.56. The Morgan fingerprint density at radius 1 is 1.19 bits per heavy atom. The molecule has 0 aliphatic carbocycles. The number of aryl methyl sites for hydroxylation is 2. The fourth-order valence-corrected chi connectivity index (χ4v) is 3.98. The van der Waals surface area contributed by atoms with E-state index in [0.29, 0.717) is 16.0 Å². The van der Waals surface area contributed by atoms with Gasteiger partial charge >= 0.3 is 5.97 Å². The zero-order chi connectivity index (χ0) is 19.2. The van der Waals surface area contributed by atoms with Crippen LogP contribution in [0.15, 0.2) is 28.4 Å². The van der Waals surface area contributed by atoms with E-state index in [1.807, 2.05) is 45.2 Å². The fraction of sp³-hybridized carbons (Fsp3) is 0.350. The Balaban J connectivity index is 2.36. The summed E-state index contributed by atoms with van der Waals surface area (Å²) in [5, 5.41) is 11.9. The predicted octanol–water partition coefficient (Wildman–Crippen LogP) is 4.51. The van der Waals surface area contributed by atoms with Crippen molar-refractivity contribution < 1.29 is 9.90 Å². The molecule has 0 bridgehead atoms. The fourth-order valence-electron chi connectivity index (χ4n) is 3.03. The molecule has 3 rings (SSSR count). The van der Waals surface area contributed by atoms with Crippen LogP contribution in [0.3, 0.4) is 0 Å². The highest BCUT2D eigenvalue weighted by atomic mass is 32.1. The zero-order valence-electron chi connectivity index (χ0n) is 15.5. The second kappa shape index (κ2) is 6.68. The molecule has 3 aromatic rings. The predicted molar refractivity (Wildman–Crippen MR) is 105 cm³/mol. The second-order valence-electron chi connectivity index (χ2n) is 6.94. The van der Waals surface area contributed by atoms with Crippen LogP contribution in [-0.2, 0) is 4.79 Å².